The minimum absolute atomic E-state index is 0.0122. The summed E-state index contributed by atoms with van der Waals surface area (Å²) in [6.45, 7) is 3.67. The summed E-state index contributed by atoms with van der Waals surface area (Å²) in [4.78, 5) is 18.0. The van der Waals surface area contributed by atoms with Crippen molar-refractivity contribution in [2.45, 2.75) is 37.3 Å². The van der Waals surface area contributed by atoms with E-state index in [1.54, 1.807) is 0 Å². The summed E-state index contributed by atoms with van der Waals surface area (Å²) in [5.41, 5.74) is 7.45. The third-order valence-corrected chi connectivity index (χ3v) is 4.87. The average Bonchev–Trinajstić information content (AvgIpc) is 3.37. The van der Waals surface area contributed by atoms with E-state index in [4.69, 9.17) is 9.57 Å². The summed E-state index contributed by atoms with van der Waals surface area (Å²) in [6.07, 6.45) is 0.563. The molecular formula is C17H25N5O3. The van der Waals surface area contributed by atoms with Gasteiger partial charge in [0.05, 0.1) is 18.9 Å². The number of benzene rings is 1. The molecule has 1 aromatic rings. The van der Waals surface area contributed by atoms with Gasteiger partial charge in [-0.15, -0.1) is 0 Å². The molecule has 0 spiro atoms. The van der Waals surface area contributed by atoms with Crippen LogP contribution in [0.1, 0.15) is 12.0 Å². The number of hydrogen-bond acceptors (Lipinski definition) is 7. The number of amides is 1. The van der Waals surface area contributed by atoms with Gasteiger partial charge in [-0.05, 0) is 5.56 Å². The highest BCUT2D eigenvalue weighted by Gasteiger charge is 2.38. The Bertz CT molecular complexity index is 581. The number of hydrazine groups is 1. The molecule has 4 rings (SSSR count). The van der Waals surface area contributed by atoms with Crippen molar-refractivity contribution in [2.75, 3.05) is 26.4 Å². The lowest BCUT2D eigenvalue weighted by molar-refractivity contribution is -0.125. The molecule has 136 valence electrons. The number of carbonyl (C=O) groups is 1. The van der Waals surface area contributed by atoms with Gasteiger partial charge in [0.1, 0.15) is 12.1 Å². The van der Waals surface area contributed by atoms with E-state index in [1.807, 2.05) is 18.2 Å². The molecule has 3 saturated heterocycles. The van der Waals surface area contributed by atoms with Gasteiger partial charge in [0.15, 0.2) is 0 Å². The SMILES string of the molecule is O=C(NC1CNN(Cc2ccccc2)C1)C1CC(C2CNCO2)ON1. The van der Waals surface area contributed by atoms with E-state index in [0.29, 0.717) is 13.2 Å². The lowest BCUT2D eigenvalue weighted by Crippen LogP contribution is -2.47. The quantitative estimate of drug-likeness (QED) is 0.549. The van der Waals surface area contributed by atoms with Crippen LogP contribution < -0.4 is 21.5 Å². The van der Waals surface area contributed by atoms with Crippen LogP contribution >= 0.6 is 0 Å². The third-order valence-electron chi connectivity index (χ3n) is 4.87. The van der Waals surface area contributed by atoms with Crippen molar-refractivity contribution < 1.29 is 14.4 Å². The molecule has 3 fully saturated rings. The number of nitrogens with one attached hydrogen (secondary N) is 4. The van der Waals surface area contributed by atoms with Crippen LogP contribution in [0.15, 0.2) is 30.3 Å². The molecule has 1 amide bonds. The fourth-order valence-corrected chi connectivity index (χ4v) is 3.51. The molecule has 8 heteroatoms. The zero-order valence-corrected chi connectivity index (χ0v) is 14.1. The smallest absolute Gasteiger partial charge is 0.239 e. The highest BCUT2D eigenvalue weighted by atomic mass is 16.7. The predicted octanol–water partition coefficient (Wildman–Crippen LogP) is -0.900. The largest absolute Gasteiger partial charge is 0.359 e. The summed E-state index contributed by atoms with van der Waals surface area (Å²) in [5, 5.41) is 8.38. The van der Waals surface area contributed by atoms with Crippen molar-refractivity contribution in [2.24, 2.45) is 0 Å². The fraction of sp³-hybridized carbons (Fsp3) is 0.588. The molecule has 4 N–H and O–H groups in total. The molecule has 0 saturated carbocycles. The van der Waals surface area contributed by atoms with Crippen LogP contribution in [0, 0.1) is 0 Å². The summed E-state index contributed by atoms with van der Waals surface area (Å²) >= 11 is 0. The number of rotatable bonds is 5. The van der Waals surface area contributed by atoms with Gasteiger partial charge in [-0.2, -0.15) is 5.48 Å². The lowest BCUT2D eigenvalue weighted by Gasteiger charge is -2.17. The van der Waals surface area contributed by atoms with E-state index in [-0.39, 0.29) is 30.2 Å². The number of hydrogen-bond donors (Lipinski definition) is 4. The first kappa shape index (κ1) is 16.9. The molecule has 3 aliphatic rings. The Labute approximate surface area is 147 Å². The predicted molar refractivity (Wildman–Crippen MR) is 90.9 cm³/mol. The third kappa shape index (κ3) is 4.17. The first-order chi connectivity index (χ1) is 12.3. The Hall–Kier alpha value is -1.55. The molecule has 25 heavy (non-hydrogen) atoms. The van der Waals surface area contributed by atoms with E-state index >= 15 is 0 Å². The van der Waals surface area contributed by atoms with Crippen LogP contribution in [0.2, 0.25) is 0 Å². The van der Waals surface area contributed by atoms with Crippen molar-refractivity contribution in [3.63, 3.8) is 0 Å². The molecule has 0 bridgehead atoms. The van der Waals surface area contributed by atoms with Crippen LogP contribution in [0.25, 0.3) is 0 Å². The Kier molecular flexibility index (Phi) is 5.25. The standard InChI is InChI=1S/C17H25N5O3/c23-17(14-6-15(25-21-14)16-8-18-11-24-16)20-13-7-19-22(10-13)9-12-4-2-1-3-5-12/h1-5,13-16,18-19,21H,6-11H2,(H,20,23). The molecule has 3 heterocycles. The van der Waals surface area contributed by atoms with Gasteiger partial charge in [0.25, 0.3) is 0 Å². The van der Waals surface area contributed by atoms with Gasteiger partial charge >= 0.3 is 0 Å². The van der Waals surface area contributed by atoms with Gasteiger partial charge in [0.2, 0.25) is 5.91 Å². The maximum Gasteiger partial charge on any atom is 0.239 e. The minimum Gasteiger partial charge on any atom is -0.359 e. The van der Waals surface area contributed by atoms with E-state index in [9.17, 15) is 4.79 Å². The van der Waals surface area contributed by atoms with Gasteiger partial charge < -0.3 is 10.1 Å². The van der Waals surface area contributed by atoms with Crippen LogP contribution in [-0.2, 0) is 20.9 Å². The van der Waals surface area contributed by atoms with Crippen molar-refractivity contribution in [3.05, 3.63) is 35.9 Å². The Morgan fingerprint density at radius 2 is 2.12 bits per heavy atom. The first-order valence-electron chi connectivity index (χ1n) is 8.84. The summed E-state index contributed by atoms with van der Waals surface area (Å²) in [6, 6.07) is 10.1. The molecule has 0 aromatic heterocycles. The van der Waals surface area contributed by atoms with Gasteiger partial charge in [0, 0.05) is 32.6 Å². The fourth-order valence-electron chi connectivity index (χ4n) is 3.51. The second-order valence-corrected chi connectivity index (χ2v) is 6.80. The van der Waals surface area contributed by atoms with Gasteiger partial charge in [-0.25, -0.2) is 5.01 Å². The second-order valence-electron chi connectivity index (χ2n) is 6.80. The van der Waals surface area contributed by atoms with E-state index in [2.05, 4.69) is 38.7 Å². The van der Waals surface area contributed by atoms with E-state index in [1.165, 1.54) is 5.56 Å². The number of carbonyl (C=O) groups excluding carboxylic acids is 1. The van der Waals surface area contributed by atoms with Crippen molar-refractivity contribution in [3.8, 4) is 0 Å². The Morgan fingerprint density at radius 3 is 2.92 bits per heavy atom. The van der Waals surface area contributed by atoms with Crippen molar-refractivity contribution >= 4 is 5.91 Å². The van der Waals surface area contributed by atoms with Gasteiger partial charge in [-0.3, -0.25) is 20.4 Å². The van der Waals surface area contributed by atoms with E-state index < -0.39 is 0 Å². The maximum absolute atomic E-state index is 12.5. The van der Waals surface area contributed by atoms with E-state index in [0.717, 1.165) is 26.2 Å². The Morgan fingerprint density at radius 1 is 1.24 bits per heavy atom. The van der Waals surface area contributed by atoms with Crippen LogP contribution in [0.5, 0.6) is 0 Å². The highest BCUT2D eigenvalue weighted by Crippen LogP contribution is 2.18. The zero-order chi connectivity index (χ0) is 17.1. The number of ether oxygens (including phenoxy) is 1. The van der Waals surface area contributed by atoms with Crippen molar-refractivity contribution in [1.82, 2.24) is 26.5 Å². The number of nitrogens with zero attached hydrogens (tertiary/aromatic N) is 1. The topological polar surface area (TPSA) is 86.9 Å². The molecular weight excluding hydrogens is 322 g/mol. The molecule has 3 aliphatic heterocycles. The molecule has 4 atom stereocenters. The summed E-state index contributed by atoms with van der Waals surface area (Å²) < 4.78 is 5.54. The molecule has 8 nitrogen and oxygen atoms in total. The summed E-state index contributed by atoms with van der Waals surface area (Å²) in [5.74, 6) is -0.0122. The van der Waals surface area contributed by atoms with Crippen LogP contribution in [-0.4, -0.2) is 61.6 Å². The van der Waals surface area contributed by atoms with Crippen LogP contribution in [0.4, 0.5) is 0 Å². The molecule has 4 unspecified atom stereocenters. The summed E-state index contributed by atoms with van der Waals surface area (Å²) in [7, 11) is 0. The normalized spacial score (nSPS) is 33.0. The monoisotopic (exact) mass is 347 g/mol. The van der Waals surface area contributed by atoms with Crippen molar-refractivity contribution in [1.29, 1.82) is 0 Å². The molecule has 0 radical (unpaired) electrons. The Balaban J connectivity index is 1.22. The second kappa shape index (κ2) is 7.77. The molecule has 1 aromatic carbocycles. The molecule has 0 aliphatic carbocycles. The van der Waals surface area contributed by atoms with Crippen LogP contribution in [0.3, 0.4) is 0 Å². The highest BCUT2D eigenvalue weighted by molar-refractivity contribution is 5.82. The maximum atomic E-state index is 12.5. The minimum atomic E-state index is -0.322. The zero-order valence-electron chi connectivity index (χ0n) is 14.1. The average molecular weight is 347 g/mol. The number of hydroxylamine groups is 1. The lowest BCUT2D eigenvalue weighted by atomic mass is 10.1. The first-order valence-corrected chi connectivity index (χ1v) is 8.84. The van der Waals surface area contributed by atoms with Gasteiger partial charge in [-0.1, -0.05) is 30.3 Å².